The maximum absolute atomic E-state index is 12.8. The van der Waals surface area contributed by atoms with E-state index in [1.165, 1.54) is 4.31 Å². The second kappa shape index (κ2) is 8.25. The second-order valence-corrected chi connectivity index (χ2v) is 9.53. The molecule has 9 heteroatoms. The Hall–Kier alpha value is -2.23. The molecule has 0 bridgehead atoms. The molecule has 1 aromatic heterocycles. The Balaban J connectivity index is 1.62. The van der Waals surface area contributed by atoms with Crippen LogP contribution in [-0.4, -0.2) is 65.5 Å². The van der Waals surface area contributed by atoms with Crippen LogP contribution in [0.5, 0.6) is 0 Å². The number of sulfonamides is 1. The van der Waals surface area contributed by atoms with Gasteiger partial charge in [0.25, 0.3) is 0 Å². The molecule has 1 aromatic carbocycles. The second-order valence-electron chi connectivity index (χ2n) is 7.59. The Kier molecular flexibility index (Phi) is 6.11. The van der Waals surface area contributed by atoms with E-state index in [1.807, 2.05) is 39.6 Å². The van der Waals surface area contributed by atoms with Crippen molar-refractivity contribution in [3.8, 4) is 0 Å². The van der Waals surface area contributed by atoms with Crippen molar-refractivity contribution in [2.45, 2.75) is 38.6 Å². The number of benzene rings is 1. The largest absolute Gasteiger partial charge is 0.322 e. The molecule has 0 spiro atoms. The van der Waals surface area contributed by atoms with Gasteiger partial charge >= 0.3 is 0 Å². The van der Waals surface area contributed by atoms with Crippen LogP contribution in [0, 0.1) is 20.8 Å². The van der Waals surface area contributed by atoms with E-state index in [9.17, 15) is 13.2 Å². The van der Waals surface area contributed by atoms with E-state index in [4.69, 9.17) is 0 Å². The van der Waals surface area contributed by atoms with Crippen LogP contribution in [0.4, 0.5) is 5.69 Å². The van der Waals surface area contributed by atoms with Gasteiger partial charge in [0.2, 0.25) is 15.9 Å². The first-order valence-corrected chi connectivity index (χ1v) is 11.2. The molecule has 1 amide bonds. The summed E-state index contributed by atoms with van der Waals surface area (Å²) >= 11 is 0. The number of piperazine rings is 1. The van der Waals surface area contributed by atoms with Crippen molar-refractivity contribution in [2.75, 3.05) is 31.5 Å². The summed E-state index contributed by atoms with van der Waals surface area (Å²) in [6, 6.07) is 6.53. The Morgan fingerprint density at radius 1 is 1.07 bits per heavy atom. The predicted molar refractivity (Wildman–Crippen MR) is 112 cm³/mol. The topological polar surface area (TPSA) is 87.5 Å². The summed E-state index contributed by atoms with van der Waals surface area (Å²) < 4.78 is 28.9. The Morgan fingerprint density at radius 3 is 2.17 bits per heavy atom. The van der Waals surface area contributed by atoms with Crippen molar-refractivity contribution in [3.63, 3.8) is 0 Å². The number of rotatable bonds is 5. The molecule has 1 aliphatic rings. The quantitative estimate of drug-likeness (QED) is 0.797. The first kappa shape index (κ1) is 21.5. The molecule has 2 heterocycles. The fourth-order valence-corrected chi connectivity index (χ4v) is 4.96. The molecule has 8 nitrogen and oxygen atoms in total. The third-order valence-electron chi connectivity index (χ3n) is 5.62. The maximum Gasteiger partial charge on any atom is 0.243 e. The lowest BCUT2D eigenvalue weighted by molar-refractivity contribution is -0.121. The molecular formula is C20H29N5O3S. The van der Waals surface area contributed by atoms with Crippen LogP contribution in [0.2, 0.25) is 0 Å². The predicted octanol–water partition coefficient (Wildman–Crippen LogP) is 1.68. The van der Waals surface area contributed by atoms with Gasteiger partial charge in [0.1, 0.15) is 0 Å². The number of hydrogen-bond donors (Lipinski definition) is 1. The molecule has 0 radical (unpaired) electrons. The third kappa shape index (κ3) is 4.36. The highest BCUT2D eigenvalue weighted by molar-refractivity contribution is 7.89. The van der Waals surface area contributed by atoms with Gasteiger partial charge in [-0.25, -0.2) is 8.42 Å². The van der Waals surface area contributed by atoms with E-state index in [2.05, 4.69) is 10.4 Å². The molecule has 3 rings (SSSR count). The summed E-state index contributed by atoms with van der Waals surface area (Å²) in [4.78, 5) is 15.1. The average molecular weight is 420 g/mol. The van der Waals surface area contributed by atoms with E-state index in [0.717, 1.165) is 22.6 Å². The number of aromatic nitrogens is 2. The molecule has 158 valence electrons. The number of carbonyl (C=O) groups excluding carboxylic acids is 1. The molecule has 0 unspecified atom stereocenters. The highest BCUT2D eigenvalue weighted by Gasteiger charge is 2.32. The molecule has 0 aliphatic carbocycles. The van der Waals surface area contributed by atoms with Gasteiger partial charge in [0.05, 0.1) is 28.0 Å². The number of carbonyl (C=O) groups is 1. The summed E-state index contributed by atoms with van der Waals surface area (Å²) in [5.74, 6) is -0.112. The highest BCUT2D eigenvalue weighted by Crippen LogP contribution is 2.21. The monoisotopic (exact) mass is 419 g/mol. The fraction of sp³-hybridized carbons (Fsp3) is 0.500. The standard InChI is InChI=1S/C20H29N5O3S/c1-14-6-8-18(9-7-14)29(27,28)25-12-10-24(11-13-25)17(4)20(26)21-19-15(2)22-23(5)16(19)3/h6-9,17H,10-13H2,1-5H3,(H,21,26)/t17-/m1/s1. The maximum atomic E-state index is 12.8. The summed E-state index contributed by atoms with van der Waals surface area (Å²) in [5.41, 5.74) is 3.44. The van der Waals surface area contributed by atoms with Gasteiger partial charge in [0, 0.05) is 33.2 Å². The lowest BCUT2D eigenvalue weighted by atomic mass is 10.2. The first-order chi connectivity index (χ1) is 13.6. The van der Waals surface area contributed by atoms with Gasteiger partial charge in [-0.15, -0.1) is 0 Å². The minimum atomic E-state index is -3.51. The number of amides is 1. The van der Waals surface area contributed by atoms with E-state index >= 15 is 0 Å². The molecule has 1 aliphatic heterocycles. The van der Waals surface area contributed by atoms with E-state index in [0.29, 0.717) is 31.1 Å². The number of aryl methyl sites for hydroxylation is 3. The smallest absolute Gasteiger partial charge is 0.243 e. The Morgan fingerprint density at radius 2 is 1.66 bits per heavy atom. The molecular weight excluding hydrogens is 390 g/mol. The van der Waals surface area contributed by atoms with E-state index in [1.54, 1.807) is 28.9 Å². The van der Waals surface area contributed by atoms with Crippen LogP contribution in [0.25, 0.3) is 0 Å². The minimum Gasteiger partial charge on any atom is -0.322 e. The Bertz CT molecular complexity index is 990. The molecule has 1 fully saturated rings. The zero-order valence-electron chi connectivity index (χ0n) is 17.6. The molecule has 2 aromatic rings. The SMILES string of the molecule is Cc1ccc(S(=O)(=O)N2CCN([C@H](C)C(=O)Nc3c(C)nn(C)c3C)CC2)cc1. The first-order valence-electron chi connectivity index (χ1n) is 9.73. The van der Waals surface area contributed by atoms with Crippen molar-refractivity contribution < 1.29 is 13.2 Å². The summed E-state index contributed by atoms with van der Waals surface area (Å²) in [6.07, 6.45) is 0. The van der Waals surface area contributed by atoms with Crippen molar-refractivity contribution in [3.05, 3.63) is 41.2 Å². The lowest BCUT2D eigenvalue weighted by Crippen LogP contribution is -2.53. The fourth-order valence-electron chi connectivity index (χ4n) is 3.54. The van der Waals surface area contributed by atoms with E-state index < -0.39 is 10.0 Å². The van der Waals surface area contributed by atoms with Gasteiger partial charge in [0.15, 0.2) is 0 Å². The van der Waals surface area contributed by atoms with Crippen molar-refractivity contribution in [1.29, 1.82) is 0 Å². The number of nitrogens with one attached hydrogen (secondary N) is 1. The lowest BCUT2D eigenvalue weighted by Gasteiger charge is -2.36. The van der Waals surface area contributed by atoms with Crippen molar-refractivity contribution in [2.24, 2.45) is 7.05 Å². The van der Waals surface area contributed by atoms with Crippen LogP contribution in [0.1, 0.15) is 23.9 Å². The van der Waals surface area contributed by atoms with Crippen molar-refractivity contribution in [1.82, 2.24) is 19.0 Å². The third-order valence-corrected chi connectivity index (χ3v) is 7.53. The number of hydrogen-bond acceptors (Lipinski definition) is 5. The van der Waals surface area contributed by atoms with Gasteiger partial charge in [-0.3, -0.25) is 14.4 Å². The number of anilines is 1. The average Bonchev–Trinajstić information content (AvgIpc) is 2.93. The summed E-state index contributed by atoms with van der Waals surface area (Å²) in [7, 11) is -1.67. The van der Waals surface area contributed by atoms with Crippen LogP contribution in [0.3, 0.4) is 0 Å². The molecule has 29 heavy (non-hydrogen) atoms. The van der Waals surface area contributed by atoms with Crippen LogP contribution < -0.4 is 5.32 Å². The van der Waals surface area contributed by atoms with Gasteiger partial charge < -0.3 is 5.32 Å². The minimum absolute atomic E-state index is 0.112. The van der Waals surface area contributed by atoms with Crippen LogP contribution in [-0.2, 0) is 21.9 Å². The molecule has 0 saturated carbocycles. The van der Waals surface area contributed by atoms with Crippen LogP contribution >= 0.6 is 0 Å². The number of nitrogens with zero attached hydrogens (tertiary/aromatic N) is 4. The zero-order valence-corrected chi connectivity index (χ0v) is 18.5. The van der Waals surface area contributed by atoms with Gasteiger partial charge in [-0.05, 0) is 39.8 Å². The summed E-state index contributed by atoms with van der Waals surface area (Å²) in [6.45, 7) is 9.28. The Labute approximate surface area is 172 Å². The molecule has 1 saturated heterocycles. The van der Waals surface area contributed by atoms with Gasteiger partial charge in [-0.1, -0.05) is 17.7 Å². The van der Waals surface area contributed by atoms with E-state index in [-0.39, 0.29) is 11.9 Å². The normalized spacial score (nSPS) is 17.3. The molecule has 1 atom stereocenters. The van der Waals surface area contributed by atoms with Gasteiger partial charge in [-0.2, -0.15) is 9.40 Å². The highest BCUT2D eigenvalue weighted by atomic mass is 32.2. The zero-order chi connectivity index (χ0) is 21.3. The molecule has 1 N–H and O–H groups in total. The van der Waals surface area contributed by atoms with Crippen LogP contribution in [0.15, 0.2) is 29.2 Å². The summed E-state index contributed by atoms with van der Waals surface area (Å²) in [5, 5.41) is 7.29. The van der Waals surface area contributed by atoms with Crippen molar-refractivity contribution >= 4 is 21.6 Å².